The van der Waals surface area contributed by atoms with Crippen molar-refractivity contribution in [3.8, 4) is 0 Å². The molecule has 0 radical (unpaired) electrons. The lowest BCUT2D eigenvalue weighted by Gasteiger charge is -2.23. The minimum Gasteiger partial charge on any atom is -0.465 e. The van der Waals surface area contributed by atoms with Crippen LogP contribution >= 0.6 is 0 Å². The van der Waals surface area contributed by atoms with Crippen LogP contribution in [-0.2, 0) is 12.8 Å². The number of rotatable bonds is 2. The second-order valence-corrected chi connectivity index (χ2v) is 6.64. The van der Waals surface area contributed by atoms with E-state index in [-0.39, 0.29) is 24.0 Å². The maximum Gasteiger partial charge on any atom is 0.407 e. The van der Waals surface area contributed by atoms with Crippen LogP contribution in [0.1, 0.15) is 47.2 Å². The molecule has 3 aliphatic rings. The van der Waals surface area contributed by atoms with Crippen LogP contribution in [0.15, 0.2) is 18.2 Å². The van der Waals surface area contributed by atoms with E-state index in [4.69, 9.17) is 0 Å². The van der Waals surface area contributed by atoms with E-state index in [1.165, 1.54) is 22.4 Å². The largest absolute Gasteiger partial charge is 0.465 e. The Morgan fingerprint density at radius 3 is 2.77 bits per heavy atom. The van der Waals surface area contributed by atoms with Gasteiger partial charge >= 0.3 is 6.09 Å². The molecule has 2 bridgehead atoms. The van der Waals surface area contributed by atoms with E-state index in [0.29, 0.717) is 5.56 Å². The van der Waals surface area contributed by atoms with E-state index in [2.05, 4.69) is 11.4 Å². The molecule has 4 rings (SSSR count). The van der Waals surface area contributed by atoms with Gasteiger partial charge in [0.05, 0.1) is 12.1 Å². The fourth-order valence-electron chi connectivity index (χ4n) is 4.41. The molecule has 2 aliphatic heterocycles. The molecule has 0 spiro atoms. The first kappa shape index (κ1) is 13.6. The molecule has 1 aliphatic carbocycles. The maximum absolute atomic E-state index is 12.5. The SMILES string of the molecule is O=C(N[C@@H]1C[C@H]2CC[C@@H]1N2C(=O)O)c1ccc2c(c1)CCC2. The summed E-state index contributed by atoms with van der Waals surface area (Å²) in [4.78, 5) is 25.3. The van der Waals surface area contributed by atoms with Crippen LogP contribution in [0.25, 0.3) is 0 Å². The molecule has 116 valence electrons. The highest BCUT2D eigenvalue weighted by Crippen LogP contribution is 2.37. The zero-order valence-corrected chi connectivity index (χ0v) is 12.4. The minimum absolute atomic E-state index is 0.0457. The van der Waals surface area contributed by atoms with Crippen molar-refractivity contribution >= 4 is 12.0 Å². The fourth-order valence-corrected chi connectivity index (χ4v) is 4.41. The predicted octanol–water partition coefficient (Wildman–Crippen LogP) is 2.19. The number of amides is 2. The lowest BCUT2D eigenvalue weighted by Crippen LogP contribution is -2.45. The van der Waals surface area contributed by atoms with Gasteiger partial charge in [0.2, 0.25) is 0 Å². The molecule has 3 atom stereocenters. The second-order valence-electron chi connectivity index (χ2n) is 6.64. The highest BCUT2D eigenvalue weighted by Gasteiger charge is 2.49. The lowest BCUT2D eigenvalue weighted by atomic mass is 9.95. The molecule has 22 heavy (non-hydrogen) atoms. The third-order valence-electron chi connectivity index (χ3n) is 5.43. The maximum atomic E-state index is 12.5. The monoisotopic (exact) mass is 300 g/mol. The first-order chi connectivity index (χ1) is 10.6. The van der Waals surface area contributed by atoms with Crippen molar-refractivity contribution in [2.75, 3.05) is 0 Å². The average Bonchev–Trinajstić information content (AvgIpc) is 3.19. The number of carbonyl (C=O) groups is 2. The molecule has 0 unspecified atom stereocenters. The third kappa shape index (κ3) is 2.07. The molecule has 2 fully saturated rings. The Morgan fingerprint density at radius 2 is 2.00 bits per heavy atom. The summed E-state index contributed by atoms with van der Waals surface area (Å²) < 4.78 is 0. The molecular weight excluding hydrogens is 280 g/mol. The fraction of sp³-hybridized carbons (Fsp3) is 0.529. The number of carbonyl (C=O) groups excluding carboxylic acids is 1. The quantitative estimate of drug-likeness (QED) is 0.879. The summed E-state index contributed by atoms with van der Waals surface area (Å²) in [5, 5.41) is 12.3. The number of nitrogens with zero attached hydrogens (tertiary/aromatic N) is 1. The van der Waals surface area contributed by atoms with Gasteiger partial charge in [-0.2, -0.15) is 0 Å². The molecule has 2 heterocycles. The molecule has 1 aromatic rings. The predicted molar refractivity (Wildman–Crippen MR) is 81.0 cm³/mol. The van der Waals surface area contributed by atoms with Gasteiger partial charge in [-0.05, 0) is 61.8 Å². The van der Waals surface area contributed by atoms with E-state index in [9.17, 15) is 14.7 Å². The van der Waals surface area contributed by atoms with Crippen LogP contribution in [0.2, 0.25) is 0 Å². The normalized spacial score (nSPS) is 28.7. The standard InChI is InChI=1S/C17H20N2O3/c20-16(12-5-4-10-2-1-3-11(10)8-12)18-14-9-13-6-7-15(14)19(13)17(21)22/h4-5,8,13-15H,1-3,6-7,9H2,(H,18,20)(H,21,22)/t13-,14-,15+/m1/s1. The number of benzene rings is 1. The molecule has 5 nitrogen and oxygen atoms in total. The highest BCUT2D eigenvalue weighted by atomic mass is 16.4. The van der Waals surface area contributed by atoms with Gasteiger partial charge in [0.25, 0.3) is 5.91 Å². The lowest BCUT2D eigenvalue weighted by molar-refractivity contribution is 0.0921. The third-order valence-corrected chi connectivity index (χ3v) is 5.43. The molecule has 2 amide bonds. The highest BCUT2D eigenvalue weighted by molar-refractivity contribution is 5.94. The van der Waals surface area contributed by atoms with Gasteiger partial charge < -0.3 is 15.3 Å². The molecule has 0 saturated carbocycles. The van der Waals surface area contributed by atoms with E-state index in [1.807, 2.05) is 12.1 Å². The van der Waals surface area contributed by atoms with Gasteiger partial charge in [0, 0.05) is 11.6 Å². The number of nitrogens with one attached hydrogen (secondary N) is 1. The van der Waals surface area contributed by atoms with Gasteiger partial charge in [-0.3, -0.25) is 4.79 Å². The molecule has 0 aromatic heterocycles. The van der Waals surface area contributed by atoms with Crippen molar-refractivity contribution in [3.63, 3.8) is 0 Å². The van der Waals surface area contributed by atoms with Gasteiger partial charge in [0.15, 0.2) is 0 Å². The zero-order valence-electron chi connectivity index (χ0n) is 12.4. The Morgan fingerprint density at radius 1 is 1.18 bits per heavy atom. The summed E-state index contributed by atoms with van der Waals surface area (Å²) in [7, 11) is 0. The van der Waals surface area contributed by atoms with Gasteiger partial charge in [-0.15, -0.1) is 0 Å². The van der Waals surface area contributed by atoms with Crippen molar-refractivity contribution < 1.29 is 14.7 Å². The van der Waals surface area contributed by atoms with Gasteiger partial charge in [-0.1, -0.05) is 6.07 Å². The Bertz CT molecular complexity index is 643. The second kappa shape index (κ2) is 5.00. The zero-order chi connectivity index (χ0) is 15.3. The molecule has 2 saturated heterocycles. The van der Waals surface area contributed by atoms with Crippen LogP contribution in [-0.4, -0.2) is 40.1 Å². The Hall–Kier alpha value is -2.04. The van der Waals surface area contributed by atoms with Crippen LogP contribution in [0.3, 0.4) is 0 Å². The van der Waals surface area contributed by atoms with Crippen molar-refractivity contribution in [1.82, 2.24) is 10.2 Å². The summed E-state index contributed by atoms with van der Waals surface area (Å²) in [5.41, 5.74) is 3.34. The summed E-state index contributed by atoms with van der Waals surface area (Å²) in [6.45, 7) is 0. The van der Waals surface area contributed by atoms with E-state index in [0.717, 1.165) is 32.1 Å². The van der Waals surface area contributed by atoms with Crippen LogP contribution in [0.5, 0.6) is 0 Å². The number of aryl methyl sites for hydroxylation is 2. The van der Waals surface area contributed by atoms with E-state index >= 15 is 0 Å². The summed E-state index contributed by atoms with van der Waals surface area (Å²) in [6.07, 6.45) is 4.98. The summed E-state index contributed by atoms with van der Waals surface area (Å²) in [6, 6.07) is 5.92. The van der Waals surface area contributed by atoms with Crippen molar-refractivity contribution in [1.29, 1.82) is 0 Å². The summed E-state index contributed by atoms with van der Waals surface area (Å²) >= 11 is 0. The first-order valence-corrected chi connectivity index (χ1v) is 8.07. The van der Waals surface area contributed by atoms with Crippen molar-refractivity contribution in [2.45, 2.75) is 56.7 Å². The minimum atomic E-state index is -0.859. The number of carboxylic acid groups (broad SMARTS) is 1. The van der Waals surface area contributed by atoms with Crippen LogP contribution in [0, 0.1) is 0 Å². The molecule has 5 heteroatoms. The van der Waals surface area contributed by atoms with Crippen LogP contribution in [0.4, 0.5) is 4.79 Å². The number of fused-ring (bicyclic) bond motifs is 3. The van der Waals surface area contributed by atoms with Crippen molar-refractivity contribution in [3.05, 3.63) is 34.9 Å². The number of hydrogen-bond acceptors (Lipinski definition) is 2. The van der Waals surface area contributed by atoms with E-state index < -0.39 is 6.09 Å². The summed E-state index contributed by atoms with van der Waals surface area (Å²) in [5.74, 6) is -0.0717. The average molecular weight is 300 g/mol. The molecular formula is C17H20N2O3. The molecule has 1 aromatic carbocycles. The first-order valence-electron chi connectivity index (χ1n) is 8.07. The van der Waals surface area contributed by atoms with Crippen LogP contribution < -0.4 is 5.32 Å². The smallest absolute Gasteiger partial charge is 0.407 e. The topological polar surface area (TPSA) is 69.6 Å². The molecule has 2 N–H and O–H groups in total. The van der Waals surface area contributed by atoms with Gasteiger partial charge in [0.1, 0.15) is 0 Å². The van der Waals surface area contributed by atoms with Gasteiger partial charge in [-0.25, -0.2) is 4.79 Å². The van der Waals surface area contributed by atoms with Crippen molar-refractivity contribution in [2.24, 2.45) is 0 Å². The Balaban J connectivity index is 1.48. The van der Waals surface area contributed by atoms with E-state index in [1.54, 1.807) is 0 Å². The number of hydrogen-bond donors (Lipinski definition) is 2. The Kier molecular flexibility index (Phi) is 3.10. The Labute approximate surface area is 129 Å².